The van der Waals surface area contributed by atoms with E-state index in [9.17, 15) is 9.59 Å². The molecule has 1 aliphatic rings. The molecule has 0 saturated carbocycles. The van der Waals surface area contributed by atoms with E-state index in [1.807, 2.05) is 19.1 Å². The van der Waals surface area contributed by atoms with Gasteiger partial charge in [-0.15, -0.1) is 0 Å². The van der Waals surface area contributed by atoms with E-state index in [1.165, 1.54) is 0 Å². The first-order valence-corrected chi connectivity index (χ1v) is 8.53. The van der Waals surface area contributed by atoms with Gasteiger partial charge in [0, 0.05) is 10.6 Å². The van der Waals surface area contributed by atoms with E-state index in [1.54, 1.807) is 18.2 Å². The van der Waals surface area contributed by atoms with Crippen molar-refractivity contribution in [1.29, 1.82) is 0 Å². The minimum Gasteiger partial charge on any atom is -0.480 e. The lowest BCUT2D eigenvalue weighted by Crippen LogP contribution is -2.29. The highest BCUT2D eigenvalue weighted by Crippen LogP contribution is 2.47. The van der Waals surface area contributed by atoms with Gasteiger partial charge < -0.3 is 9.84 Å². The number of hydrogen-bond donors (Lipinski definition) is 1. The van der Waals surface area contributed by atoms with Crippen molar-refractivity contribution >= 4 is 46.6 Å². The van der Waals surface area contributed by atoms with Crippen LogP contribution in [0.4, 0.5) is 0 Å². The number of hydrogen-bond acceptors (Lipinski definition) is 3. The molecule has 0 fully saturated rings. The lowest BCUT2D eigenvalue weighted by Gasteiger charge is -2.22. The van der Waals surface area contributed by atoms with E-state index in [0.29, 0.717) is 22.6 Å². The van der Waals surface area contributed by atoms with Gasteiger partial charge in [-0.1, -0.05) is 46.9 Å². The summed E-state index contributed by atoms with van der Waals surface area (Å²) in [6.45, 7) is 1.29. The second-order valence-corrected chi connectivity index (χ2v) is 7.26. The quantitative estimate of drug-likeness (QED) is 0.801. The number of benzene rings is 2. The van der Waals surface area contributed by atoms with Crippen LogP contribution in [0.3, 0.4) is 0 Å². The fourth-order valence-electron chi connectivity index (χ4n) is 3.07. The third-order valence-corrected chi connectivity index (χ3v) is 5.46. The zero-order valence-electron chi connectivity index (χ0n) is 13.1. The first-order valence-electron chi connectivity index (χ1n) is 7.40. The van der Waals surface area contributed by atoms with Crippen molar-refractivity contribution in [2.75, 3.05) is 6.61 Å². The molecule has 0 saturated heterocycles. The zero-order chi connectivity index (χ0) is 18.4. The van der Waals surface area contributed by atoms with Crippen LogP contribution in [0.25, 0.3) is 0 Å². The van der Waals surface area contributed by atoms with Gasteiger partial charge >= 0.3 is 5.97 Å². The summed E-state index contributed by atoms with van der Waals surface area (Å²) in [6.07, 6.45) is 0.406. The first-order chi connectivity index (χ1) is 11.7. The molecule has 0 spiro atoms. The maximum Gasteiger partial charge on any atom is 0.341 e. The second-order valence-electron chi connectivity index (χ2n) is 6.06. The van der Waals surface area contributed by atoms with Crippen molar-refractivity contribution in [2.45, 2.75) is 18.8 Å². The molecule has 4 nitrogen and oxygen atoms in total. The topological polar surface area (TPSA) is 63.6 Å². The molecule has 7 heteroatoms. The number of ether oxygens (including phenoxy) is 1. The summed E-state index contributed by atoms with van der Waals surface area (Å²) < 4.78 is 5.18. The summed E-state index contributed by atoms with van der Waals surface area (Å²) >= 11 is 18.4. The maximum atomic E-state index is 13.0. The number of carboxylic acids is 1. The molecule has 0 bridgehead atoms. The Hall–Kier alpha value is -1.75. The molecule has 0 aliphatic heterocycles. The smallest absolute Gasteiger partial charge is 0.341 e. The fraction of sp³-hybridized carbons (Fsp3) is 0.222. The van der Waals surface area contributed by atoms with Crippen molar-refractivity contribution in [3.8, 4) is 5.75 Å². The van der Waals surface area contributed by atoms with E-state index in [-0.39, 0.29) is 21.6 Å². The average molecular weight is 400 g/mol. The van der Waals surface area contributed by atoms with Gasteiger partial charge in [-0.25, -0.2) is 4.79 Å². The Bertz CT molecular complexity index is 877. The summed E-state index contributed by atoms with van der Waals surface area (Å²) in [4.78, 5) is 23.7. The van der Waals surface area contributed by atoms with Gasteiger partial charge in [0.15, 0.2) is 12.4 Å². The molecular formula is C18H13Cl3O4. The molecule has 25 heavy (non-hydrogen) atoms. The van der Waals surface area contributed by atoms with E-state index in [4.69, 9.17) is 44.6 Å². The van der Waals surface area contributed by atoms with E-state index in [2.05, 4.69) is 0 Å². The van der Waals surface area contributed by atoms with Crippen LogP contribution < -0.4 is 4.74 Å². The third-order valence-electron chi connectivity index (χ3n) is 4.36. The van der Waals surface area contributed by atoms with Crippen LogP contribution in [0.5, 0.6) is 5.75 Å². The SMILES string of the molecule is C[C@]1(c2ccc(Cl)cc2)Cc2cc(OCC(=O)O)c(Cl)c(Cl)c2C1=O. The van der Waals surface area contributed by atoms with Crippen molar-refractivity contribution in [1.82, 2.24) is 0 Å². The fourth-order valence-corrected chi connectivity index (χ4v) is 3.70. The second kappa shape index (κ2) is 6.52. The molecular weight excluding hydrogens is 387 g/mol. The predicted octanol–water partition coefficient (Wildman–Crippen LogP) is 4.81. The summed E-state index contributed by atoms with van der Waals surface area (Å²) in [5, 5.41) is 9.47. The number of ketones is 1. The molecule has 0 heterocycles. The number of carboxylic acid groups (broad SMARTS) is 1. The van der Waals surface area contributed by atoms with Crippen molar-refractivity contribution in [3.05, 3.63) is 62.1 Å². The van der Waals surface area contributed by atoms with Crippen LogP contribution in [0.1, 0.15) is 28.4 Å². The van der Waals surface area contributed by atoms with Gasteiger partial charge in [0.25, 0.3) is 0 Å². The Morgan fingerprint density at radius 3 is 2.44 bits per heavy atom. The molecule has 130 valence electrons. The van der Waals surface area contributed by atoms with Gasteiger partial charge in [0.1, 0.15) is 10.8 Å². The summed E-state index contributed by atoms with van der Waals surface area (Å²) in [7, 11) is 0. The highest BCUT2D eigenvalue weighted by atomic mass is 35.5. The number of rotatable bonds is 4. The maximum absolute atomic E-state index is 13.0. The van der Waals surface area contributed by atoms with Crippen LogP contribution in [-0.4, -0.2) is 23.5 Å². The molecule has 2 aromatic carbocycles. The largest absolute Gasteiger partial charge is 0.480 e. The highest BCUT2D eigenvalue weighted by molar-refractivity contribution is 6.45. The van der Waals surface area contributed by atoms with Crippen molar-refractivity contribution in [3.63, 3.8) is 0 Å². The molecule has 0 unspecified atom stereocenters. The van der Waals surface area contributed by atoms with Crippen molar-refractivity contribution in [2.24, 2.45) is 0 Å². The van der Waals surface area contributed by atoms with Crippen LogP contribution in [0, 0.1) is 0 Å². The van der Waals surface area contributed by atoms with Crippen LogP contribution in [-0.2, 0) is 16.6 Å². The van der Waals surface area contributed by atoms with Gasteiger partial charge in [0.2, 0.25) is 0 Å². The number of carbonyl (C=O) groups is 2. The zero-order valence-corrected chi connectivity index (χ0v) is 15.4. The minimum absolute atomic E-state index is 0.0374. The lowest BCUT2D eigenvalue weighted by molar-refractivity contribution is -0.139. The number of fused-ring (bicyclic) bond motifs is 1. The Morgan fingerprint density at radius 2 is 1.84 bits per heavy atom. The molecule has 1 atom stereocenters. The normalized spacial score (nSPS) is 19.0. The predicted molar refractivity (Wildman–Crippen MR) is 96.4 cm³/mol. The number of Topliss-reactive ketones (excluding diaryl/α,β-unsaturated/α-hetero) is 1. The molecule has 1 aliphatic carbocycles. The summed E-state index contributed by atoms with van der Waals surface area (Å²) in [6, 6.07) is 8.67. The molecule has 3 rings (SSSR count). The average Bonchev–Trinajstić information content (AvgIpc) is 2.82. The van der Waals surface area contributed by atoms with Crippen LogP contribution >= 0.6 is 34.8 Å². The highest BCUT2D eigenvalue weighted by Gasteiger charge is 2.45. The monoisotopic (exact) mass is 398 g/mol. The van der Waals surface area contributed by atoms with Gasteiger partial charge in [-0.2, -0.15) is 0 Å². The number of halogens is 3. The van der Waals surface area contributed by atoms with Gasteiger partial charge in [0.05, 0.1) is 10.4 Å². The molecule has 1 N–H and O–H groups in total. The molecule has 0 aromatic heterocycles. The molecule has 2 aromatic rings. The molecule has 0 amide bonds. The van der Waals surface area contributed by atoms with Crippen LogP contribution in [0.15, 0.2) is 30.3 Å². The lowest BCUT2D eigenvalue weighted by atomic mass is 9.79. The Morgan fingerprint density at radius 1 is 1.20 bits per heavy atom. The van der Waals surface area contributed by atoms with Gasteiger partial charge in [-0.3, -0.25) is 4.79 Å². The molecule has 0 radical (unpaired) electrons. The standard InChI is InChI=1S/C18H13Cl3O4/c1-18(10-2-4-11(19)5-3-10)7-9-6-12(25-8-13(22)23)15(20)16(21)14(9)17(18)24/h2-6H,7-8H2,1H3,(H,22,23)/t18-/m1/s1. The number of carbonyl (C=O) groups excluding carboxylic acids is 1. The first kappa shape index (κ1) is 18.1. The van der Waals surface area contributed by atoms with Crippen molar-refractivity contribution < 1.29 is 19.4 Å². The summed E-state index contributed by atoms with van der Waals surface area (Å²) in [5.74, 6) is -1.11. The Balaban J connectivity index is 2.04. The Kier molecular flexibility index (Phi) is 4.71. The van der Waals surface area contributed by atoms with E-state index >= 15 is 0 Å². The van der Waals surface area contributed by atoms with Crippen LogP contribution in [0.2, 0.25) is 15.1 Å². The van der Waals surface area contributed by atoms with Gasteiger partial charge in [-0.05, 0) is 42.7 Å². The minimum atomic E-state index is -1.13. The number of aliphatic carboxylic acids is 1. The third kappa shape index (κ3) is 3.10. The summed E-state index contributed by atoms with van der Waals surface area (Å²) in [5.41, 5.74) is 1.05. The Labute approximate surface area is 159 Å². The van der Waals surface area contributed by atoms with E-state index in [0.717, 1.165) is 5.56 Å². The van der Waals surface area contributed by atoms with E-state index < -0.39 is 18.0 Å².